The fraction of sp³-hybridized carbons (Fsp3) is 0.643. The van der Waals surface area contributed by atoms with Gasteiger partial charge in [-0.3, -0.25) is 0 Å². The van der Waals surface area contributed by atoms with Crippen molar-refractivity contribution in [3.05, 3.63) is 29.8 Å². The number of hydrogen-bond donors (Lipinski definition) is 1. The summed E-state index contributed by atoms with van der Waals surface area (Å²) >= 11 is 0. The van der Waals surface area contributed by atoms with Gasteiger partial charge < -0.3 is 37.5 Å². The van der Waals surface area contributed by atoms with Gasteiger partial charge in [-0.1, -0.05) is 6.07 Å². The standard InChI is InChI=1S/C28H47NO9Si/c1-6-33-26-23-24(16-18-27(30)32-5)15-17-25(26)34-20-12-10-11-13-21-35-28(31)29-19-14-22-39(36-7-2,37-8-3)38-9-4/h15-18,23H,6-14,19-22H2,1-5H3,(H,29,31). The van der Waals surface area contributed by atoms with Crippen LogP contribution in [0.3, 0.4) is 0 Å². The summed E-state index contributed by atoms with van der Waals surface area (Å²) in [5.41, 5.74) is 0.816. The first-order valence-electron chi connectivity index (χ1n) is 13.9. The lowest BCUT2D eigenvalue weighted by atomic mass is 10.2. The number of hydrogen-bond acceptors (Lipinski definition) is 9. The number of ether oxygens (including phenoxy) is 4. The van der Waals surface area contributed by atoms with Crippen LogP contribution in [0.25, 0.3) is 6.08 Å². The first kappa shape index (κ1) is 34.4. The molecule has 0 unspecified atom stereocenters. The van der Waals surface area contributed by atoms with Crippen molar-refractivity contribution in [3.63, 3.8) is 0 Å². The number of unbranched alkanes of at least 4 members (excludes halogenated alkanes) is 3. The molecule has 39 heavy (non-hydrogen) atoms. The Balaban J connectivity index is 2.23. The average Bonchev–Trinajstić information content (AvgIpc) is 2.92. The lowest BCUT2D eigenvalue weighted by Gasteiger charge is -2.28. The molecule has 0 heterocycles. The lowest BCUT2D eigenvalue weighted by Crippen LogP contribution is -2.46. The smallest absolute Gasteiger partial charge is 0.490 e. The van der Waals surface area contributed by atoms with Gasteiger partial charge in [0.15, 0.2) is 11.5 Å². The van der Waals surface area contributed by atoms with Crippen LogP contribution in [-0.4, -0.2) is 74.2 Å². The molecule has 1 rings (SSSR count). The van der Waals surface area contributed by atoms with E-state index in [0.29, 0.717) is 70.1 Å². The maximum absolute atomic E-state index is 12.0. The highest BCUT2D eigenvalue weighted by atomic mass is 28.4. The Kier molecular flexibility index (Phi) is 18.8. The molecule has 0 aromatic heterocycles. The predicted molar refractivity (Wildman–Crippen MR) is 152 cm³/mol. The van der Waals surface area contributed by atoms with Gasteiger partial charge >= 0.3 is 20.9 Å². The maximum Gasteiger partial charge on any atom is 0.500 e. The first-order valence-corrected chi connectivity index (χ1v) is 15.8. The molecular formula is C28H47NO9Si. The van der Waals surface area contributed by atoms with Crippen molar-refractivity contribution < 1.29 is 41.8 Å². The van der Waals surface area contributed by atoms with E-state index in [1.807, 2.05) is 45.9 Å². The number of esters is 1. The maximum atomic E-state index is 12.0. The van der Waals surface area contributed by atoms with E-state index in [1.54, 1.807) is 6.08 Å². The van der Waals surface area contributed by atoms with Crippen LogP contribution in [0.1, 0.15) is 65.4 Å². The van der Waals surface area contributed by atoms with Crippen molar-refractivity contribution in [2.24, 2.45) is 0 Å². The molecule has 0 spiro atoms. The largest absolute Gasteiger partial charge is 0.500 e. The molecule has 0 fully saturated rings. The summed E-state index contributed by atoms with van der Waals surface area (Å²) in [5.74, 6) is 0.877. The third-order valence-corrected chi connectivity index (χ3v) is 8.58. The topological polar surface area (TPSA) is 111 Å². The minimum absolute atomic E-state index is 0.372. The van der Waals surface area contributed by atoms with E-state index in [1.165, 1.54) is 13.2 Å². The molecule has 1 aromatic rings. The van der Waals surface area contributed by atoms with Gasteiger partial charge in [0, 0.05) is 38.5 Å². The van der Waals surface area contributed by atoms with Crippen LogP contribution in [0, 0.1) is 0 Å². The second-order valence-corrected chi connectivity index (χ2v) is 11.1. The Morgan fingerprint density at radius 3 is 2.10 bits per heavy atom. The summed E-state index contributed by atoms with van der Waals surface area (Å²) in [7, 11) is -1.34. The molecule has 1 amide bonds. The molecule has 222 valence electrons. The monoisotopic (exact) mass is 569 g/mol. The number of rotatable bonds is 22. The summed E-state index contributed by atoms with van der Waals surface area (Å²) in [6, 6.07) is 6.17. The van der Waals surface area contributed by atoms with Gasteiger partial charge in [-0.15, -0.1) is 0 Å². The molecule has 0 aliphatic rings. The van der Waals surface area contributed by atoms with Crippen molar-refractivity contribution in [1.82, 2.24) is 5.32 Å². The summed E-state index contributed by atoms with van der Waals surface area (Å²) in [4.78, 5) is 23.3. The van der Waals surface area contributed by atoms with Gasteiger partial charge in [0.05, 0.1) is 26.9 Å². The van der Waals surface area contributed by atoms with Crippen LogP contribution in [-0.2, 0) is 27.5 Å². The molecule has 0 atom stereocenters. The number of benzene rings is 1. The van der Waals surface area contributed by atoms with Gasteiger partial charge in [0.1, 0.15) is 0 Å². The molecular weight excluding hydrogens is 522 g/mol. The van der Waals surface area contributed by atoms with Crippen LogP contribution in [0.5, 0.6) is 11.5 Å². The Hall–Kier alpha value is -2.60. The quantitative estimate of drug-likeness (QED) is 0.0852. The first-order chi connectivity index (χ1) is 18.9. The molecule has 0 saturated carbocycles. The number of carbonyl (C=O) groups is 2. The number of nitrogens with one attached hydrogen (secondary N) is 1. The average molecular weight is 570 g/mol. The van der Waals surface area contributed by atoms with Gasteiger partial charge in [-0.25, -0.2) is 9.59 Å². The van der Waals surface area contributed by atoms with E-state index < -0.39 is 20.9 Å². The Bertz CT molecular complexity index is 833. The zero-order valence-corrected chi connectivity index (χ0v) is 25.3. The highest BCUT2D eigenvalue weighted by Gasteiger charge is 2.39. The van der Waals surface area contributed by atoms with Crippen molar-refractivity contribution in [2.75, 3.05) is 53.3 Å². The fourth-order valence-electron chi connectivity index (χ4n) is 3.70. The van der Waals surface area contributed by atoms with E-state index >= 15 is 0 Å². The summed E-state index contributed by atoms with van der Waals surface area (Å²) in [6.45, 7) is 11.2. The van der Waals surface area contributed by atoms with Crippen LogP contribution in [0.4, 0.5) is 4.79 Å². The molecule has 10 nitrogen and oxygen atoms in total. The Labute approximate surface area is 234 Å². The van der Waals surface area contributed by atoms with E-state index in [9.17, 15) is 9.59 Å². The van der Waals surface area contributed by atoms with Crippen LogP contribution < -0.4 is 14.8 Å². The molecule has 1 aromatic carbocycles. The fourth-order valence-corrected chi connectivity index (χ4v) is 6.31. The van der Waals surface area contributed by atoms with Gasteiger partial charge in [0.25, 0.3) is 0 Å². The van der Waals surface area contributed by atoms with E-state index in [2.05, 4.69) is 10.1 Å². The van der Waals surface area contributed by atoms with Crippen molar-refractivity contribution in [3.8, 4) is 11.5 Å². The zero-order chi connectivity index (χ0) is 28.8. The van der Waals surface area contributed by atoms with Crippen molar-refractivity contribution in [2.45, 2.75) is 65.8 Å². The molecule has 1 N–H and O–H groups in total. The lowest BCUT2D eigenvalue weighted by molar-refractivity contribution is -0.134. The van der Waals surface area contributed by atoms with E-state index in [0.717, 1.165) is 31.2 Å². The van der Waals surface area contributed by atoms with Crippen LogP contribution in [0.2, 0.25) is 6.04 Å². The SMILES string of the molecule is CCOc1cc(C=CC(=O)OC)ccc1OCCCCCCOC(=O)NCCC[Si](OCC)(OCC)OCC. The highest BCUT2D eigenvalue weighted by Crippen LogP contribution is 2.29. The number of carbonyl (C=O) groups excluding carboxylic acids is 2. The highest BCUT2D eigenvalue weighted by molar-refractivity contribution is 6.60. The summed E-state index contributed by atoms with van der Waals surface area (Å²) < 4.78 is 38.9. The third kappa shape index (κ3) is 14.9. The van der Waals surface area contributed by atoms with Gasteiger partial charge in [0.2, 0.25) is 0 Å². The second-order valence-electron chi connectivity index (χ2n) is 8.41. The van der Waals surface area contributed by atoms with Crippen LogP contribution in [0.15, 0.2) is 24.3 Å². The number of amides is 1. The normalized spacial score (nSPS) is 11.4. The molecule has 0 radical (unpaired) electrons. The van der Waals surface area contributed by atoms with Gasteiger partial charge in [-0.05, 0) is 83.6 Å². The molecule has 0 bridgehead atoms. The minimum atomic E-state index is -2.68. The number of methoxy groups -OCH3 is 1. The van der Waals surface area contributed by atoms with E-state index in [-0.39, 0.29) is 0 Å². The Morgan fingerprint density at radius 2 is 1.49 bits per heavy atom. The van der Waals surface area contributed by atoms with Crippen molar-refractivity contribution >= 4 is 26.9 Å². The molecule has 11 heteroatoms. The summed E-state index contributed by atoms with van der Waals surface area (Å²) in [5, 5.41) is 2.78. The molecule has 0 aliphatic heterocycles. The predicted octanol–water partition coefficient (Wildman–Crippen LogP) is 5.38. The molecule has 0 aliphatic carbocycles. The van der Waals surface area contributed by atoms with Crippen molar-refractivity contribution in [1.29, 1.82) is 0 Å². The Morgan fingerprint density at radius 1 is 0.821 bits per heavy atom. The van der Waals surface area contributed by atoms with Gasteiger partial charge in [-0.2, -0.15) is 0 Å². The summed E-state index contributed by atoms with van der Waals surface area (Å²) in [6.07, 6.45) is 6.84. The second kappa shape index (κ2) is 21.2. The van der Waals surface area contributed by atoms with Crippen LogP contribution >= 0.6 is 0 Å². The minimum Gasteiger partial charge on any atom is -0.490 e. The third-order valence-electron chi connectivity index (χ3n) is 5.43. The zero-order valence-electron chi connectivity index (χ0n) is 24.3. The number of alkyl carbamates (subject to hydrolysis) is 1. The molecule has 0 saturated heterocycles. The van der Waals surface area contributed by atoms with E-state index in [4.69, 9.17) is 27.5 Å².